The first-order chi connectivity index (χ1) is 8.13. The van der Waals surface area contributed by atoms with Crippen LogP contribution >= 0.6 is 23.4 Å². The zero-order chi connectivity index (χ0) is 12.3. The molecule has 0 atom stereocenters. The topological polar surface area (TPSA) is 51.8 Å². The smallest absolute Gasteiger partial charge is 0.222 e. The van der Waals surface area contributed by atoms with Gasteiger partial charge in [0.1, 0.15) is 10.2 Å². The number of nitrogens with two attached hydrogens (primary N) is 1. The first kappa shape index (κ1) is 12.2. The number of hydrogen-bond acceptors (Lipinski definition) is 4. The second kappa shape index (κ2) is 5.38. The minimum atomic E-state index is 0.212. The molecule has 0 amide bonds. The maximum Gasteiger partial charge on any atom is 0.222 e. The molecule has 0 aliphatic rings. The number of nitrogens with zero attached hydrogens (tertiary/aromatic N) is 2. The molecule has 0 bridgehead atoms. The number of halogens is 1. The summed E-state index contributed by atoms with van der Waals surface area (Å²) in [4.78, 5) is 7.94. The Hall–Kier alpha value is -1.26. The van der Waals surface area contributed by atoms with Crippen LogP contribution in [-0.4, -0.2) is 9.97 Å². The van der Waals surface area contributed by atoms with E-state index in [1.54, 1.807) is 17.8 Å². The third kappa shape index (κ3) is 3.61. The van der Waals surface area contributed by atoms with Crippen molar-refractivity contribution < 1.29 is 0 Å². The number of aromatic nitrogens is 2. The van der Waals surface area contributed by atoms with Crippen molar-refractivity contribution in [3.8, 4) is 0 Å². The molecule has 0 unspecified atom stereocenters. The van der Waals surface area contributed by atoms with Crippen molar-refractivity contribution in [3.05, 3.63) is 46.6 Å². The summed E-state index contributed by atoms with van der Waals surface area (Å²) in [5.41, 5.74) is 8.04. The number of aryl methyl sites for hydroxylation is 1. The molecule has 88 valence electrons. The molecule has 0 saturated heterocycles. The van der Waals surface area contributed by atoms with E-state index >= 15 is 0 Å². The molecule has 2 N–H and O–H groups in total. The van der Waals surface area contributed by atoms with E-state index < -0.39 is 0 Å². The van der Waals surface area contributed by atoms with Crippen LogP contribution in [0.4, 0.5) is 5.95 Å². The van der Waals surface area contributed by atoms with Crippen molar-refractivity contribution in [2.45, 2.75) is 17.7 Å². The van der Waals surface area contributed by atoms with Crippen molar-refractivity contribution in [2.24, 2.45) is 0 Å². The Morgan fingerprint density at radius 3 is 2.82 bits per heavy atom. The third-order valence-electron chi connectivity index (χ3n) is 2.16. The highest BCUT2D eigenvalue weighted by Crippen LogP contribution is 2.23. The van der Waals surface area contributed by atoms with E-state index in [0.717, 1.165) is 10.8 Å². The van der Waals surface area contributed by atoms with Crippen LogP contribution in [0.5, 0.6) is 0 Å². The quantitative estimate of drug-likeness (QED) is 0.683. The minimum Gasteiger partial charge on any atom is -0.368 e. The van der Waals surface area contributed by atoms with Gasteiger partial charge >= 0.3 is 0 Å². The Bertz CT molecular complexity index is 511. The predicted octanol–water partition coefficient (Wildman–Crippen LogP) is 3.31. The Labute approximate surface area is 109 Å². The maximum atomic E-state index is 5.81. The summed E-state index contributed by atoms with van der Waals surface area (Å²) in [5, 5.41) is 1.17. The summed E-state index contributed by atoms with van der Waals surface area (Å²) < 4.78 is 0. The Kier molecular flexibility index (Phi) is 3.86. The van der Waals surface area contributed by atoms with Gasteiger partial charge in [-0.2, -0.15) is 0 Å². The lowest BCUT2D eigenvalue weighted by Crippen LogP contribution is -1.95. The number of thioether (sulfide) groups is 1. The first-order valence-corrected chi connectivity index (χ1v) is 6.48. The van der Waals surface area contributed by atoms with Gasteiger partial charge in [0.25, 0.3) is 0 Å². The van der Waals surface area contributed by atoms with Crippen molar-refractivity contribution >= 4 is 29.3 Å². The maximum absolute atomic E-state index is 5.81. The highest BCUT2D eigenvalue weighted by molar-refractivity contribution is 7.98. The molecule has 2 aromatic rings. The molecule has 0 saturated carbocycles. The fourth-order valence-electron chi connectivity index (χ4n) is 1.45. The van der Waals surface area contributed by atoms with Crippen molar-refractivity contribution in [2.75, 3.05) is 5.73 Å². The van der Waals surface area contributed by atoms with E-state index in [0.29, 0.717) is 5.15 Å². The van der Waals surface area contributed by atoms with Gasteiger partial charge in [0, 0.05) is 11.8 Å². The number of nitrogen functional groups attached to an aromatic ring is 1. The lowest BCUT2D eigenvalue weighted by molar-refractivity contribution is 1.06. The summed E-state index contributed by atoms with van der Waals surface area (Å²) in [5.74, 6) is 1.05. The van der Waals surface area contributed by atoms with Gasteiger partial charge in [0.15, 0.2) is 0 Å². The van der Waals surface area contributed by atoms with Crippen molar-refractivity contribution in [3.63, 3.8) is 0 Å². The van der Waals surface area contributed by atoms with Gasteiger partial charge in [0.05, 0.1) is 0 Å². The Morgan fingerprint density at radius 1 is 1.29 bits per heavy atom. The Morgan fingerprint density at radius 2 is 2.12 bits per heavy atom. The van der Waals surface area contributed by atoms with Crippen LogP contribution in [0.3, 0.4) is 0 Å². The molecular formula is C12H12ClN3S. The third-order valence-corrected chi connectivity index (χ3v) is 3.33. The minimum absolute atomic E-state index is 0.212. The van der Waals surface area contributed by atoms with Gasteiger partial charge in [-0.05, 0) is 12.5 Å². The lowest BCUT2D eigenvalue weighted by Gasteiger charge is -2.03. The molecular weight excluding hydrogens is 254 g/mol. The van der Waals surface area contributed by atoms with Crippen LogP contribution in [0.1, 0.15) is 11.1 Å². The molecule has 0 fully saturated rings. The average molecular weight is 266 g/mol. The van der Waals surface area contributed by atoms with Crippen LogP contribution in [0, 0.1) is 6.92 Å². The number of rotatable bonds is 3. The molecule has 0 aliphatic carbocycles. The zero-order valence-corrected chi connectivity index (χ0v) is 10.9. The Balaban J connectivity index is 2.07. The first-order valence-electron chi connectivity index (χ1n) is 5.12. The largest absolute Gasteiger partial charge is 0.368 e. The van der Waals surface area contributed by atoms with Crippen LogP contribution in [0.2, 0.25) is 5.15 Å². The van der Waals surface area contributed by atoms with Crippen LogP contribution in [0.25, 0.3) is 0 Å². The van der Waals surface area contributed by atoms with Gasteiger partial charge in [-0.25, -0.2) is 9.97 Å². The van der Waals surface area contributed by atoms with Crippen LogP contribution < -0.4 is 5.73 Å². The lowest BCUT2D eigenvalue weighted by atomic mass is 10.2. The predicted molar refractivity (Wildman–Crippen MR) is 72.2 cm³/mol. The number of benzene rings is 1. The fourth-order valence-corrected chi connectivity index (χ4v) is 2.55. The number of anilines is 1. The molecule has 5 heteroatoms. The summed E-state index contributed by atoms with van der Waals surface area (Å²) in [6.45, 7) is 2.08. The van der Waals surface area contributed by atoms with Crippen molar-refractivity contribution in [1.29, 1.82) is 0 Å². The summed E-state index contributed by atoms with van der Waals surface area (Å²) in [6, 6.07) is 10.1. The fraction of sp³-hybridized carbons (Fsp3) is 0.167. The van der Waals surface area contributed by atoms with Gasteiger partial charge in [-0.15, -0.1) is 11.8 Å². The number of hydrogen-bond donors (Lipinski definition) is 1. The van der Waals surface area contributed by atoms with Gasteiger partial charge in [-0.3, -0.25) is 0 Å². The molecule has 0 radical (unpaired) electrons. The van der Waals surface area contributed by atoms with Gasteiger partial charge in [0.2, 0.25) is 5.95 Å². The van der Waals surface area contributed by atoms with E-state index in [2.05, 4.69) is 35.1 Å². The summed E-state index contributed by atoms with van der Waals surface area (Å²) in [7, 11) is 0. The van der Waals surface area contributed by atoms with E-state index in [1.165, 1.54) is 11.1 Å². The summed E-state index contributed by atoms with van der Waals surface area (Å²) in [6.07, 6.45) is 0. The normalized spacial score (nSPS) is 10.5. The van der Waals surface area contributed by atoms with Gasteiger partial charge < -0.3 is 5.73 Å². The monoisotopic (exact) mass is 265 g/mol. The zero-order valence-electron chi connectivity index (χ0n) is 9.35. The highest BCUT2D eigenvalue weighted by atomic mass is 35.5. The average Bonchev–Trinajstić information content (AvgIpc) is 2.25. The second-order valence-electron chi connectivity index (χ2n) is 3.66. The molecule has 1 heterocycles. The highest BCUT2D eigenvalue weighted by Gasteiger charge is 2.02. The SMILES string of the molecule is Cc1cccc(CSc2cc(Cl)nc(N)n2)c1. The van der Waals surface area contributed by atoms with Crippen LogP contribution in [0.15, 0.2) is 35.4 Å². The van der Waals surface area contributed by atoms with Crippen LogP contribution in [-0.2, 0) is 5.75 Å². The molecule has 2 rings (SSSR count). The molecule has 1 aromatic carbocycles. The van der Waals surface area contributed by atoms with Crippen molar-refractivity contribution in [1.82, 2.24) is 9.97 Å². The van der Waals surface area contributed by atoms with E-state index in [1.807, 2.05) is 6.07 Å². The molecule has 1 aromatic heterocycles. The van der Waals surface area contributed by atoms with E-state index in [9.17, 15) is 0 Å². The molecule has 3 nitrogen and oxygen atoms in total. The molecule has 17 heavy (non-hydrogen) atoms. The van der Waals surface area contributed by atoms with Gasteiger partial charge in [-0.1, -0.05) is 41.4 Å². The standard InChI is InChI=1S/C12H12ClN3S/c1-8-3-2-4-9(5-8)7-17-11-6-10(13)15-12(14)16-11/h2-6H,7H2,1H3,(H2,14,15,16). The summed E-state index contributed by atoms with van der Waals surface area (Å²) >= 11 is 7.41. The molecule has 0 spiro atoms. The van der Waals surface area contributed by atoms with E-state index in [4.69, 9.17) is 17.3 Å². The molecule has 0 aliphatic heterocycles. The second-order valence-corrected chi connectivity index (χ2v) is 5.05. The van der Waals surface area contributed by atoms with E-state index in [-0.39, 0.29) is 5.95 Å².